The zero-order valence-electron chi connectivity index (χ0n) is 21.1. The van der Waals surface area contributed by atoms with Crippen molar-refractivity contribution in [2.45, 2.75) is 155 Å². The van der Waals surface area contributed by atoms with Gasteiger partial charge in [-0.25, -0.2) is 0 Å². The van der Waals surface area contributed by atoms with E-state index in [1.54, 1.807) is 0 Å². The maximum atomic E-state index is 11.9. The molecular formula is C27H52O4. The smallest absolute Gasteiger partial charge is 0.306 e. The van der Waals surface area contributed by atoms with E-state index < -0.39 is 0 Å². The van der Waals surface area contributed by atoms with Gasteiger partial charge >= 0.3 is 11.9 Å². The lowest BCUT2D eigenvalue weighted by Crippen LogP contribution is -2.14. The zero-order chi connectivity index (χ0) is 23.0. The minimum atomic E-state index is -0.0494. The van der Waals surface area contributed by atoms with E-state index >= 15 is 0 Å². The monoisotopic (exact) mass is 440 g/mol. The summed E-state index contributed by atoms with van der Waals surface area (Å²) in [6.45, 7) is 7.02. The van der Waals surface area contributed by atoms with Crippen molar-refractivity contribution in [3.8, 4) is 0 Å². The van der Waals surface area contributed by atoms with Crippen molar-refractivity contribution < 1.29 is 19.1 Å². The first kappa shape index (κ1) is 29.9. The lowest BCUT2D eigenvalue weighted by Gasteiger charge is -2.13. The molecule has 0 saturated carbocycles. The minimum absolute atomic E-state index is 0.0439. The molecule has 0 aliphatic carbocycles. The van der Waals surface area contributed by atoms with Gasteiger partial charge in [-0.15, -0.1) is 0 Å². The van der Waals surface area contributed by atoms with E-state index in [0.29, 0.717) is 19.4 Å². The Hall–Kier alpha value is -1.06. The Morgan fingerprint density at radius 2 is 1.03 bits per heavy atom. The van der Waals surface area contributed by atoms with Crippen molar-refractivity contribution in [1.29, 1.82) is 0 Å². The Kier molecular flexibility index (Phi) is 22.8. The molecule has 0 radical (unpaired) electrons. The Labute approximate surface area is 193 Å². The molecule has 4 heteroatoms. The van der Waals surface area contributed by atoms with Gasteiger partial charge in [0, 0.05) is 12.8 Å². The SMILES string of the molecule is CCCCCCCCCOC(=O)CCCCCCCCC(=O)OC(C)CCCCCC. The summed E-state index contributed by atoms with van der Waals surface area (Å²) in [7, 11) is 0. The fourth-order valence-corrected chi connectivity index (χ4v) is 3.76. The van der Waals surface area contributed by atoms with Gasteiger partial charge in [0.15, 0.2) is 0 Å². The van der Waals surface area contributed by atoms with Crippen molar-refractivity contribution in [2.24, 2.45) is 0 Å². The van der Waals surface area contributed by atoms with E-state index in [1.165, 1.54) is 57.8 Å². The van der Waals surface area contributed by atoms with Gasteiger partial charge in [0.05, 0.1) is 12.7 Å². The van der Waals surface area contributed by atoms with E-state index in [2.05, 4.69) is 13.8 Å². The normalized spacial score (nSPS) is 12.0. The van der Waals surface area contributed by atoms with Crippen LogP contribution < -0.4 is 0 Å². The largest absolute Gasteiger partial charge is 0.466 e. The second kappa shape index (κ2) is 23.6. The molecule has 0 saturated heterocycles. The van der Waals surface area contributed by atoms with E-state index in [-0.39, 0.29) is 18.0 Å². The lowest BCUT2D eigenvalue weighted by molar-refractivity contribution is -0.148. The molecule has 31 heavy (non-hydrogen) atoms. The first-order chi connectivity index (χ1) is 15.1. The first-order valence-corrected chi connectivity index (χ1v) is 13.4. The molecule has 1 atom stereocenters. The molecule has 0 N–H and O–H groups in total. The topological polar surface area (TPSA) is 52.6 Å². The summed E-state index contributed by atoms with van der Waals surface area (Å²) in [4.78, 5) is 23.6. The molecule has 0 bridgehead atoms. The summed E-state index contributed by atoms with van der Waals surface area (Å²) >= 11 is 0. The van der Waals surface area contributed by atoms with Crippen LogP contribution in [0.2, 0.25) is 0 Å². The zero-order valence-corrected chi connectivity index (χ0v) is 21.1. The van der Waals surface area contributed by atoms with Gasteiger partial charge in [0.2, 0.25) is 0 Å². The van der Waals surface area contributed by atoms with Gasteiger partial charge in [-0.05, 0) is 39.0 Å². The minimum Gasteiger partial charge on any atom is -0.466 e. The molecule has 0 amide bonds. The van der Waals surface area contributed by atoms with Gasteiger partial charge in [-0.1, -0.05) is 97.3 Å². The number of hydrogen-bond acceptors (Lipinski definition) is 4. The van der Waals surface area contributed by atoms with Crippen LogP contribution in [0.1, 0.15) is 149 Å². The number of esters is 2. The van der Waals surface area contributed by atoms with E-state index in [9.17, 15) is 9.59 Å². The Bertz CT molecular complexity index is 408. The average molecular weight is 441 g/mol. The van der Waals surface area contributed by atoms with Crippen LogP contribution in [-0.2, 0) is 19.1 Å². The molecule has 4 nitrogen and oxygen atoms in total. The number of rotatable bonds is 23. The van der Waals surface area contributed by atoms with Crippen molar-refractivity contribution in [3.63, 3.8) is 0 Å². The predicted molar refractivity (Wildman–Crippen MR) is 130 cm³/mol. The van der Waals surface area contributed by atoms with Crippen LogP contribution in [-0.4, -0.2) is 24.6 Å². The third kappa shape index (κ3) is 23.4. The van der Waals surface area contributed by atoms with Crippen LogP contribution >= 0.6 is 0 Å². The summed E-state index contributed by atoms with van der Waals surface area (Å²) in [5.41, 5.74) is 0. The molecule has 0 heterocycles. The number of hydrogen-bond donors (Lipinski definition) is 0. The van der Waals surface area contributed by atoms with Gasteiger partial charge in [0.1, 0.15) is 0 Å². The summed E-state index contributed by atoms with van der Waals surface area (Å²) in [6, 6.07) is 0. The molecule has 0 aliphatic heterocycles. The lowest BCUT2D eigenvalue weighted by atomic mass is 10.1. The van der Waals surface area contributed by atoms with Crippen molar-refractivity contribution in [3.05, 3.63) is 0 Å². The number of carbonyl (C=O) groups excluding carboxylic acids is 2. The number of ether oxygens (including phenoxy) is 2. The molecule has 184 valence electrons. The molecule has 0 aromatic carbocycles. The molecule has 1 unspecified atom stereocenters. The highest BCUT2D eigenvalue weighted by Crippen LogP contribution is 2.12. The summed E-state index contributed by atoms with van der Waals surface area (Å²) < 4.78 is 10.8. The van der Waals surface area contributed by atoms with Crippen LogP contribution in [0.4, 0.5) is 0 Å². The highest BCUT2D eigenvalue weighted by molar-refractivity contribution is 5.69. The highest BCUT2D eigenvalue weighted by Gasteiger charge is 2.09. The van der Waals surface area contributed by atoms with Crippen molar-refractivity contribution in [2.75, 3.05) is 6.61 Å². The Morgan fingerprint density at radius 1 is 0.581 bits per heavy atom. The van der Waals surface area contributed by atoms with Gasteiger partial charge < -0.3 is 9.47 Å². The quantitative estimate of drug-likeness (QED) is 0.118. The third-order valence-electron chi connectivity index (χ3n) is 5.82. The predicted octanol–water partition coefficient (Wildman–Crippen LogP) is 8.30. The molecular weight excluding hydrogens is 388 g/mol. The first-order valence-electron chi connectivity index (χ1n) is 13.4. The van der Waals surface area contributed by atoms with Crippen LogP contribution in [0, 0.1) is 0 Å². The second-order valence-electron chi connectivity index (χ2n) is 9.11. The fraction of sp³-hybridized carbons (Fsp3) is 0.926. The maximum Gasteiger partial charge on any atom is 0.306 e. The van der Waals surface area contributed by atoms with E-state index in [0.717, 1.165) is 57.8 Å². The maximum absolute atomic E-state index is 11.9. The Balaban J connectivity index is 3.35. The molecule has 0 aliphatic rings. The highest BCUT2D eigenvalue weighted by atomic mass is 16.5. The molecule has 0 fully saturated rings. The van der Waals surface area contributed by atoms with Crippen LogP contribution in [0.15, 0.2) is 0 Å². The van der Waals surface area contributed by atoms with Crippen LogP contribution in [0.3, 0.4) is 0 Å². The number of carbonyl (C=O) groups is 2. The molecule has 0 aromatic rings. The van der Waals surface area contributed by atoms with Crippen molar-refractivity contribution >= 4 is 11.9 Å². The summed E-state index contributed by atoms with van der Waals surface area (Å²) in [6.07, 6.45) is 21.8. The van der Waals surface area contributed by atoms with E-state index in [4.69, 9.17) is 9.47 Å². The van der Waals surface area contributed by atoms with Crippen molar-refractivity contribution in [1.82, 2.24) is 0 Å². The summed E-state index contributed by atoms with van der Waals surface area (Å²) in [5.74, 6) is -0.0933. The fourth-order valence-electron chi connectivity index (χ4n) is 3.76. The average Bonchev–Trinajstić information content (AvgIpc) is 2.75. The number of unbranched alkanes of at least 4 members (excludes halogenated alkanes) is 14. The van der Waals surface area contributed by atoms with Crippen LogP contribution in [0.5, 0.6) is 0 Å². The molecule has 0 spiro atoms. The van der Waals surface area contributed by atoms with Gasteiger partial charge in [0.25, 0.3) is 0 Å². The van der Waals surface area contributed by atoms with Gasteiger partial charge in [-0.2, -0.15) is 0 Å². The molecule has 0 aromatic heterocycles. The Morgan fingerprint density at radius 3 is 1.61 bits per heavy atom. The van der Waals surface area contributed by atoms with E-state index in [1.807, 2.05) is 6.92 Å². The second-order valence-corrected chi connectivity index (χ2v) is 9.11. The third-order valence-corrected chi connectivity index (χ3v) is 5.82. The summed E-state index contributed by atoms with van der Waals surface area (Å²) in [5, 5.41) is 0. The van der Waals surface area contributed by atoms with Gasteiger partial charge in [-0.3, -0.25) is 9.59 Å². The van der Waals surface area contributed by atoms with Crippen LogP contribution in [0.25, 0.3) is 0 Å². The molecule has 0 rings (SSSR count). The standard InChI is InChI=1S/C27H52O4/c1-4-6-8-10-13-16-20-24-30-26(28)22-18-14-11-12-15-19-23-27(29)31-25(3)21-17-9-7-5-2/h25H,4-24H2,1-3H3.